The minimum absolute atomic E-state index is 0.640. The van der Waals surface area contributed by atoms with Crippen LogP contribution in [0.2, 0.25) is 0 Å². The molecule has 0 amide bonds. The molecule has 1 fully saturated rings. The van der Waals surface area contributed by atoms with Crippen molar-refractivity contribution < 1.29 is 0 Å². The quantitative estimate of drug-likeness (QED) is 0.341. The molecule has 0 unspecified atom stereocenters. The number of nitrogens with zero attached hydrogens (tertiary/aromatic N) is 1. The molecule has 0 aromatic heterocycles. The number of aliphatic imine (C=N–C) groups is 1. The van der Waals surface area contributed by atoms with E-state index in [1.807, 2.05) is 7.05 Å². The van der Waals surface area contributed by atoms with E-state index >= 15 is 0 Å². The lowest BCUT2D eigenvalue weighted by Crippen LogP contribution is -2.20. The van der Waals surface area contributed by atoms with Gasteiger partial charge in [0, 0.05) is 19.2 Å². The van der Waals surface area contributed by atoms with Crippen LogP contribution in [-0.2, 0) is 0 Å². The zero-order valence-corrected chi connectivity index (χ0v) is 15.8. The van der Waals surface area contributed by atoms with Gasteiger partial charge in [0.05, 0.1) is 0 Å². The molecule has 0 heterocycles. The molecule has 1 aliphatic rings. The summed E-state index contributed by atoms with van der Waals surface area (Å²) >= 11 is 1.68. The molecule has 0 atom stereocenters. The zero-order chi connectivity index (χ0) is 17.1. The molecular formula is C20H32N2S. The fourth-order valence-corrected chi connectivity index (χ4v) is 3.66. The molecule has 23 heavy (non-hydrogen) atoms. The smallest absolute Gasteiger partial charge is 0.165 e. The minimum atomic E-state index is 0.640. The number of rotatable bonds is 7. The first-order chi connectivity index (χ1) is 11.1. The highest BCUT2D eigenvalue weighted by Crippen LogP contribution is 2.34. The van der Waals surface area contributed by atoms with Gasteiger partial charge in [0.2, 0.25) is 0 Å². The number of hydrogen-bond acceptors (Lipinski definition) is 2. The van der Waals surface area contributed by atoms with Gasteiger partial charge in [-0.2, -0.15) is 0 Å². The second-order valence-electron chi connectivity index (χ2n) is 6.19. The van der Waals surface area contributed by atoms with E-state index in [0.29, 0.717) is 5.92 Å². The Labute approximate surface area is 146 Å². The number of nitrogens with one attached hydrogen (secondary N) is 1. The van der Waals surface area contributed by atoms with Crippen molar-refractivity contribution in [2.45, 2.75) is 58.8 Å². The van der Waals surface area contributed by atoms with E-state index in [1.54, 1.807) is 11.8 Å². The van der Waals surface area contributed by atoms with Crippen molar-refractivity contribution in [1.82, 2.24) is 5.32 Å². The molecule has 0 aliphatic heterocycles. The van der Waals surface area contributed by atoms with Crippen LogP contribution in [0.15, 0.2) is 52.6 Å². The molecular weight excluding hydrogens is 300 g/mol. The van der Waals surface area contributed by atoms with E-state index in [4.69, 9.17) is 0 Å². The SMILES string of the molecule is C=C(C/C(C)=C/C=C\CC)N/C(=N/C)SC(=C)C1CCCCC1. The lowest BCUT2D eigenvalue weighted by molar-refractivity contribution is 0.416. The summed E-state index contributed by atoms with van der Waals surface area (Å²) in [6, 6.07) is 0. The van der Waals surface area contributed by atoms with Gasteiger partial charge in [-0.25, -0.2) is 0 Å². The summed E-state index contributed by atoms with van der Waals surface area (Å²) in [5.74, 6) is 0.640. The van der Waals surface area contributed by atoms with E-state index in [1.165, 1.54) is 42.6 Å². The Morgan fingerprint density at radius 1 is 1.26 bits per heavy atom. The van der Waals surface area contributed by atoms with Crippen molar-refractivity contribution in [2.75, 3.05) is 7.05 Å². The van der Waals surface area contributed by atoms with Crippen molar-refractivity contribution in [2.24, 2.45) is 10.9 Å². The van der Waals surface area contributed by atoms with Gasteiger partial charge < -0.3 is 5.32 Å². The molecule has 2 nitrogen and oxygen atoms in total. The number of thioether (sulfide) groups is 1. The third-order valence-electron chi connectivity index (χ3n) is 4.02. The normalized spacial score (nSPS) is 17.5. The standard InChI is InChI=1S/C20H32N2S/c1-6-7-9-12-16(2)15-17(3)22-20(21-5)23-18(4)19-13-10-8-11-14-19/h7,9,12,19H,3-4,6,8,10-11,13-15H2,1-2,5H3,(H,21,22)/b9-7-,16-12+. The molecule has 128 valence electrons. The summed E-state index contributed by atoms with van der Waals surface area (Å²) in [4.78, 5) is 5.60. The summed E-state index contributed by atoms with van der Waals surface area (Å²) < 4.78 is 0. The van der Waals surface area contributed by atoms with Crippen LogP contribution in [0.5, 0.6) is 0 Å². The van der Waals surface area contributed by atoms with Gasteiger partial charge >= 0.3 is 0 Å². The second-order valence-corrected chi connectivity index (χ2v) is 7.30. The molecule has 0 radical (unpaired) electrons. The van der Waals surface area contributed by atoms with Crippen molar-refractivity contribution in [1.29, 1.82) is 0 Å². The maximum absolute atomic E-state index is 4.36. The lowest BCUT2D eigenvalue weighted by atomic mass is 9.89. The Kier molecular flexibility index (Phi) is 9.77. The van der Waals surface area contributed by atoms with Crippen LogP contribution < -0.4 is 5.32 Å². The number of hydrogen-bond donors (Lipinski definition) is 1. The monoisotopic (exact) mass is 332 g/mol. The Morgan fingerprint density at radius 3 is 2.57 bits per heavy atom. The van der Waals surface area contributed by atoms with Crippen LogP contribution in [0.4, 0.5) is 0 Å². The Balaban J connectivity index is 2.46. The van der Waals surface area contributed by atoms with Gasteiger partial charge in [-0.1, -0.05) is 74.9 Å². The van der Waals surface area contributed by atoms with Crippen LogP contribution >= 0.6 is 11.8 Å². The second kappa shape index (κ2) is 11.3. The maximum Gasteiger partial charge on any atom is 0.165 e. The summed E-state index contributed by atoms with van der Waals surface area (Å²) in [6.45, 7) is 12.7. The van der Waals surface area contributed by atoms with E-state index in [0.717, 1.165) is 23.7 Å². The van der Waals surface area contributed by atoms with E-state index < -0.39 is 0 Å². The highest BCUT2D eigenvalue weighted by molar-refractivity contribution is 8.17. The van der Waals surface area contributed by atoms with Gasteiger partial charge in [-0.15, -0.1) is 0 Å². The Bertz CT molecular complexity index is 480. The number of allylic oxidation sites excluding steroid dienone is 5. The molecule has 0 aromatic carbocycles. The molecule has 1 saturated carbocycles. The molecule has 3 heteroatoms. The summed E-state index contributed by atoms with van der Waals surface area (Å²) in [7, 11) is 1.82. The van der Waals surface area contributed by atoms with Gasteiger partial charge in [-0.05, 0) is 37.0 Å². The topological polar surface area (TPSA) is 24.4 Å². The molecule has 0 aromatic rings. The predicted molar refractivity (Wildman–Crippen MR) is 107 cm³/mol. The molecule has 0 bridgehead atoms. The van der Waals surface area contributed by atoms with E-state index in [9.17, 15) is 0 Å². The third kappa shape index (κ3) is 8.26. The van der Waals surface area contributed by atoms with E-state index in [2.05, 4.69) is 55.5 Å². The fraction of sp³-hybridized carbons (Fsp3) is 0.550. The van der Waals surface area contributed by atoms with Gasteiger partial charge in [0.15, 0.2) is 5.17 Å². The number of amidine groups is 1. The van der Waals surface area contributed by atoms with E-state index in [-0.39, 0.29) is 0 Å². The first-order valence-corrected chi connectivity index (χ1v) is 9.49. The first-order valence-electron chi connectivity index (χ1n) is 8.67. The van der Waals surface area contributed by atoms with Gasteiger partial charge in [-0.3, -0.25) is 4.99 Å². The highest BCUT2D eigenvalue weighted by Gasteiger charge is 2.18. The van der Waals surface area contributed by atoms with Crippen molar-refractivity contribution >= 4 is 16.9 Å². The van der Waals surface area contributed by atoms with Crippen LogP contribution in [0, 0.1) is 5.92 Å². The molecule has 0 saturated heterocycles. The minimum Gasteiger partial charge on any atom is -0.339 e. The van der Waals surface area contributed by atoms with Crippen LogP contribution in [0.3, 0.4) is 0 Å². The average Bonchev–Trinajstić information content (AvgIpc) is 2.55. The van der Waals surface area contributed by atoms with Gasteiger partial charge in [0.1, 0.15) is 0 Å². The Hall–Kier alpha value is -1.22. The lowest BCUT2D eigenvalue weighted by Gasteiger charge is -2.23. The summed E-state index contributed by atoms with van der Waals surface area (Å²) in [6.07, 6.45) is 14.9. The maximum atomic E-state index is 4.36. The molecule has 1 rings (SSSR count). The summed E-state index contributed by atoms with van der Waals surface area (Å²) in [5, 5.41) is 4.26. The van der Waals surface area contributed by atoms with Crippen molar-refractivity contribution in [3.8, 4) is 0 Å². The Morgan fingerprint density at radius 2 is 1.96 bits per heavy atom. The summed E-state index contributed by atoms with van der Waals surface area (Å²) in [5.41, 5.74) is 2.27. The van der Waals surface area contributed by atoms with Crippen LogP contribution in [0.25, 0.3) is 0 Å². The van der Waals surface area contributed by atoms with Crippen molar-refractivity contribution in [3.05, 3.63) is 47.6 Å². The highest BCUT2D eigenvalue weighted by atomic mass is 32.2. The average molecular weight is 333 g/mol. The largest absolute Gasteiger partial charge is 0.339 e. The molecule has 1 aliphatic carbocycles. The van der Waals surface area contributed by atoms with Crippen LogP contribution in [-0.4, -0.2) is 12.2 Å². The van der Waals surface area contributed by atoms with Gasteiger partial charge in [0.25, 0.3) is 0 Å². The fourth-order valence-electron chi connectivity index (χ4n) is 2.72. The molecule has 0 spiro atoms. The van der Waals surface area contributed by atoms with Crippen molar-refractivity contribution in [3.63, 3.8) is 0 Å². The molecule has 1 N–H and O–H groups in total. The predicted octanol–water partition coefficient (Wildman–Crippen LogP) is 6.21. The third-order valence-corrected chi connectivity index (χ3v) is 5.09. The van der Waals surface area contributed by atoms with Crippen LogP contribution in [0.1, 0.15) is 58.8 Å². The zero-order valence-electron chi connectivity index (χ0n) is 15.0. The first kappa shape index (κ1) is 19.8.